The Morgan fingerprint density at radius 3 is 2.21 bits per heavy atom. The Balaban J connectivity index is 2.50. The highest BCUT2D eigenvalue weighted by Crippen LogP contribution is 2.31. The molecule has 0 unspecified atom stereocenters. The van der Waals surface area contributed by atoms with Gasteiger partial charge in [-0.1, -0.05) is 0 Å². The summed E-state index contributed by atoms with van der Waals surface area (Å²) in [6.45, 7) is 0. The summed E-state index contributed by atoms with van der Waals surface area (Å²) in [6, 6.07) is 7.42. The molecule has 24 heavy (non-hydrogen) atoms. The molecule has 0 fully saturated rings. The zero-order valence-electron chi connectivity index (χ0n) is 11.8. The van der Waals surface area contributed by atoms with Gasteiger partial charge in [0.05, 0.1) is 15.9 Å². The van der Waals surface area contributed by atoms with E-state index in [4.69, 9.17) is 15.4 Å². The van der Waals surface area contributed by atoms with Crippen molar-refractivity contribution >= 4 is 23.4 Å². The molecule has 2 aromatic rings. The number of carbonyl (C=O) groups is 1. The van der Waals surface area contributed by atoms with Crippen molar-refractivity contribution in [2.45, 2.75) is 0 Å². The van der Waals surface area contributed by atoms with Crippen LogP contribution in [0.1, 0.15) is 5.76 Å². The number of benzene rings is 1. The second kappa shape index (κ2) is 6.41. The van der Waals surface area contributed by atoms with Crippen LogP contribution in [0.4, 0.5) is 11.4 Å². The van der Waals surface area contributed by atoms with Gasteiger partial charge in [-0.05, 0) is 12.1 Å². The van der Waals surface area contributed by atoms with Gasteiger partial charge in [-0.25, -0.2) is 0 Å². The van der Waals surface area contributed by atoms with Gasteiger partial charge >= 0.3 is 0 Å². The molecule has 2 rings (SSSR count). The van der Waals surface area contributed by atoms with E-state index >= 15 is 0 Å². The first-order chi connectivity index (χ1) is 11.3. The second-order valence-electron chi connectivity index (χ2n) is 4.49. The predicted octanol–water partition coefficient (Wildman–Crippen LogP) is 2.16. The molecule has 10 nitrogen and oxygen atoms in total. The standard InChI is InChI=1S/C14H8N4O6/c15-7-9(14(16)19)5-12-1-2-13(24-12)8-3-10(17(20)21)6-11(4-8)18(22)23/h1-6H,(H2,16,19)/b9-5+. The van der Waals surface area contributed by atoms with Crippen LogP contribution in [0.3, 0.4) is 0 Å². The number of non-ortho nitro benzene ring substituents is 2. The van der Waals surface area contributed by atoms with E-state index in [2.05, 4.69) is 0 Å². The van der Waals surface area contributed by atoms with E-state index in [9.17, 15) is 25.0 Å². The molecule has 0 spiro atoms. The van der Waals surface area contributed by atoms with Gasteiger partial charge in [0.15, 0.2) is 0 Å². The molecule has 1 heterocycles. The van der Waals surface area contributed by atoms with Crippen molar-refractivity contribution in [3.05, 3.63) is 61.9 Å². The van der Waals surface area contributed by atoms with Gasteiger partial charge in [0.1, 0.15) is 23.2 Å². The number of nitriles is 1. The number of carbonyl (C=O) groups excluding carboxylic acids is 1. The Hall–Kier alpha value is -4.00. The van der Waals surface area contributed by atoms with Crippen LogP contribution < -0.4 is 5.73 Å². The molecule has 0 aliphatic carbocycles. The monoisotopic (exact) mass is 328 g/mol. The first-order valence-electron chi connectivity index (χ1n) is 6.27. The molecule has 120 valence electrons. The summed E-state index contributed by atoms with van der Waals surface area (Å²) in [6.07, 6.45) is 1.09. The van der Waals surface area contributed by atoms with Crippen LogP contribution in [0, 0.1) is 31.6 Å². The third-order valence-electron chi connectivity index (χ3n) is 2.91. The average molecular weight is 328 g/mol. The minimum atomic E-state index is -0.943. The Bertz CT molecular complexity index is 889. The molecule has 0 radical (unpaired) electrons. The molecule has 0 aliphatic rings. The highest BCUT2D eigenvalue weighted by Gasteiger charge is 2.18. The lowest BCUT2D eigenvalue weighted by Crippen LogP contribution is -2.12. The van der Waals surface area contributed by atoms with Gasteiger partial charge in [-0.3, -0.25) is 25.0 Å². The fraction of sp³-hybridized carbons (Fsp3) is 0. The van der Waals surface area contributed by atoms with Crippen LogP contribution in [0.2, 0.25) is 0 Å². The number of nitro benzene ring substituents is 2. The summed E-state index contributed by atoms with van der Waals surface area (Å²) in [5.74, 6) is -0.759. The third kappa shape index (κ3) is 3.42. The smallest absolute Gasteiger partial charge is 0.277 e. The quantitative estimate of drug-likeness (QED) is 0.379. The van der Waals surface area contributed by atoms with Gasteiger partial charge in [-0.2, -0.15) is 5.26 Å². The number of nitrogens with zero attached hydrogens (tertiary/aromatic N) is 3. The van der Waals surface area contributed by atoms with E-state index < -0.39 is 27.1 Å². The highest BCUT2D eigenvalue weighted by molar-refractivity contribution is 6.00. The summed E-state index contributed by atoms with van der Waals surface area (Å²) in [7, 11) is 0. The molecule has 0 saturated heterocycles. The summed E-state index contributed by atoms with van der Waals surface area (Å²) < 4.78 is 5.34. The predicted molar refractivity (Wildman–Crippen MR) is 80.2 cm³/mol. The van der Waals surface area contributed by atoms with Gasteiger partial charge < -0.3 is 10.2 Å². The minimum absolute atomic E-state index is 0.0921. The molecule has 2 N–H and O–H groups in total. The van der Waals surface area contributed by atoms with Crippen molar-refractivity contribution in [2.75, 3.05) is 0 Å². The van der Waals surface area contributed by atoms with Gasteiger partial charge in [0.2, 0.25) is 0 Å². The van der Waals surface area contributed by atoms with Crippen LogP contribution in [-0.4, -0.2) is 15.8 Å². The maximum Gasteiger partial charge on any atom is 0.277 e. The molecular formula is C14H8N4O6. The van der Waals surface area contributed by atoms with Crippen molar-refractivity contribution in [2.24, 2.45) is 5.73 Å². The number of nitrogens with two attached hydrogens (primary N) is 1. The number of primary amides is 1. The zero-order valence-corrected chi connectivity index (χ0v) is 11.8. The Morgan fingerprint density at radius 1 is 1.17 bits per heavy atom. The van der Waals surface area contributed by atoms with E-state index in [1.807, 2.05) is 0 Å². The van der Waals surface area contributed by atoms with Crippen LogP contribution in [0.15, 0.2) is 40.3 Å². The molecule has 1 aromatic carbocycles. The van der Waals surface area contributed by atoms with E-state index in [1.165, 1.54) is 12.1 Å². The van der Waals surface area contributed by atoms with Crippen LogP contribution in [0.25, 0.3) is 17.4 Å². The van der Waals surface area contributed by atoms with Gasteiger partial charge in [0.25, 0.3) is 17.3 Å². The van der Waals surface area contributed by atoms with Crippen molar-refractivity contribution in [3.8, 4) is 17.4 Å². The average Bonchev–Trinajstić information content (AvgIpc) is 3.00. The lowest BCUT2D eigenvalue weighted by atomic mass is 10.1. The number of hydrogen-bond donors (Lipinski definition) is 1. The Kier molecular flexibility index (Phi) is 4.37. The zero-order chi connectivity index (χ0) is 17.9. The van der Waals surface area contributed by atoms with Crippen molar-refractivity contribution in [1.29, 1.82) is 5.26 Å². The lowest BCUT2D eigenvalue weighted by molar-refractivity contribution is -0.394. The molecule has 1 amide bonds. The number of furan rings is 1. The molecule has 1 aromatic heterocycles. The molecule has 10 heteroatoms. The van der Waals surface area contributed by atoms with E-state index in [0.717, 1.165) is 24.3 Å². The van der Waals surface area contributed by atoms with Crippen molar-refractivity contribution in [1.82, 2.24) is 0 Å². The fourth-order valence-electron chi connectivity index (χ4n) is 1.83. The maximum absolute atomic E-state index is 11.0. The lowest BCUT2D eigenvalue weighted by Gasteiger charge is -1.99. The SMILES string of the molecule is N#C/C(=C\c1ccc(-c2cc([N+](=O)[O-])cc([N+](=O)[O-])c2)o1)C(N)=O. The number of amides is 1. The summed E-state index contributed by atoms with van der Waals surface area (Å²) >= 11 is 0. The summed E-state index contributed by atoms with van der Waals surface area (Å²) in [5, 5.41) is 30.5. The number of hydrogen-bond acceptors (Lipinski definition) is 7. The topological polar surface area (TPSA) is 166 Å². The number of nitro groups is 2. The van der Waals surface area contributed by atoms with Crippen molar-refractivity contribution in [3.63, 3.8) is 0 Å². The summed E-state index contributed by atoms with van der Waals surface area (Å²) in [5.41, 5.74) is 3.82. The van der Waals surface area contributed by atoms with Crippen LogP contribution >= 0.6 is 0 Å². The molecule has 0 saturated carbocycles. The normalized spacial score (nSPS) is 10.9. The Labute approximate surface area is 133 Å². The Morgan fingerprint density at radius 2 is 1.75 bits per heavy atom. The van der Waals surface area contributed by atoms with Gasteiger partial charge in [-0.15, -0.1) is 0 Å². The third-order valence-corrected chi connectivity index (χ3v) is 2.91. The van der Waals surface area contributed by atoms with E-state index in [-0.39, 0.29) is 22.7 Å². The fourth-order valence-corrected chi connectivity index (χ4v) is 1.83. The van der Waals surface area contributed by atoms with Crippen molar-refractivity contribution < 1.29 is 19.1 Å². The second-order valence-corrected chi connectivity index (χ2v) is 4.49. The largest absolute Gasteiger partial charge is 0.457 e. The molecular weight excluding hydrogens is 320 g/mol. The van der Waals surface area contributed by atoms with E-state index in [0.29, 0.717) is 0 Å². The molecule has 0 bridgehead atoms. The van der Waals surface area contributed by atoms with Crippen LogP contribution in [0.5, 0.6) is 0 Å². The number of rotatable bonds is 5. The summed E-state index contributed by atoms with van der Waals surface area (Å²) in [4.78, 5) is 31.2. The minimum Gasteiger partial charge on any atom is -0.457 e. The van der Waals surface area contributed by atoms with E-state index in [1.54, 1.807) is 6.07 Å². The first-order valence-corrected chi connectivity index (χ1v) is 6.27. The maximum atomic E-state index is 11.0. The van der Waals surface area contributed by atoms with Gasteiger partial charge in [0, 0.05) is 23.8 Å². The molecule has 0 aliphatic heterocycles. The van der Waals surface area contributed by atoms with Crippen LogP contribution in [-0.2, 0) is 4.79 Å². The molecule has 0 atom stereocenters. The first kappa shape index (κ1) is 16.4. The highest BCUT2D eigenvalue weighted by atomic mass is 16.6.